The number of hydrazone groups is 1. The third-order valence-electron chi connectivity index (χ3n) is 5.00. The van der Waals surface area contributed by atoms with Gasteiger partial charge in [-0.3, -0.25) is 9.80 Å². The van der Waals surface area contributed by atoms with Crippen molar-refractivity contribution >= 4 is 23.2 Å². The van der Waals surface area contributed by atoms with Crippen LogP contribution in [0.5, 0.6) is 0 Å². The fourth-order valence-corrected chi connectivity index (χ4v) is 3.58. The number of aromatic carboxylic acids is 1. The molecule has 144 valence electrons. The normalized spacial score (nSPS) is 15.8. The van der Waals surface area contributed by atoms with Gasteiger partial charge in [-0.05, 0) is 11.6 Å². The lowest BCUT2D eigenvalue weighted by Crippen LogP contribution is -2.32. The Labute approximate surface area is 168 Å². The van der Waals surface area contributed by atoms with Crippen LogP contribution in [0.4, 0.5) is 5.69 Å². The van der Waals surface area contributed by atoms with E-state index in [2.05, 4.69) is 0 Å². The Kier molecular flexibility index (Phi) is 5.20. The van der Waals surface area contributed by atoms with Crippen LogP contribution in [0.2, 0.25) is 0 Å². The van der Waals surface area contributed by atoms with Gasteiger partial charge in [0, 0.05) is 24.0 Å². The lowest BCUT2D eigenvalue weighted by Gasteiger charge is -2.25. The highest BCUT2D eigenvalue weighted by atomic mass is 16.4. The van der Waals surface area contributed by atoms with Crippen LogP contribution in [0.3, 0.4) is 0 Å². The summed E-state index contributed by atoms with van der Waals surface area (Å²) in [7, 11) is 0. The molecule has 29 heavy (non-hydrogen) atoms. The second-order valence-corrected chi connectivity index (χ2v) is 6.91. The summed E-state index contributed by atoms with van der Waals surface area (Å²) in [6.07, 6.45) is 0.773. The highest BCUT2D eigenvalue weighted by Crippen LogP contribution is 2.31. The number of carbonyl (C=O) groups excluding carboxylic acids is 2. The summed E-state index contributed by atoms with van der Waals surface area (Å²) in [5.41, 5.74) is 2.91. The molecule has 0 aromatic heterocycles. The van der Waals surface area contributed by atoms with Crippen LogP contribution in [0.1, 0.15) is 39.1 Å². The number of ketones is 1. The molecule has 0 aliphatic carbocycles. The van der Waals surface area contributed by atoms with Crippen LogP contribution < -0.4 is 10.1 Å². The Morgan fingerprint density at radius 2 is 1.52 bits per heavy atom. The summed E-state index contributed by atoms with van der Waals surface area (Å²) in [4.78, 5) is 24.5. The lowest BCUT2D eigenvalue weighted by molar-refractivity contribution is -0.254. The summed E-state index contributed by atoms with van der Waals surface area (Å²) in [5.74, 6) is -1.27. The maximum atomic E-state index is 12.8. The third-order valence-corrected chi connectivity index (χ3v) is 5.00. The Morgan fingerprint density at radius 3 is 2.21 bits per heavy atom. The van der Waals surface area contributed by atoms with Gasteiger partial charge in [0.25, 0.3) is 0 Å². The predicted octanol–water partition coefficient (Wildman–Crippen LogP) is 3.31. The number of hydrogen-bond donors (Lipinski definition) is 0. The van der Waals surface area contributed by atoms with Gasteiger partial charge in [0.05, 0.1) is 23.4 Å². The average molecular weight is 383 g/mol. The van der Waals surface area contributed by atoms with Gasteiger partial charge in [-0.15, -0.1) is 0 Å². The van der Waals surface area contributed by atoms with Crippen molar-refractivity contribution < 1.29 is 14.7 Å². The highest BCUT2D eigenvalue weighted by molar-refractivity contribution is 6.05. The van der Waals surface area contributed by atoms with Gasteiger partial charge >= 0.3 is 0 Å². The summed E-state index contributed by atoms with van der Waals surface area (Å²) < 4.78 is 0. The van der Waals surface area contributed by atoms with Crippen molar-refractivity contribution in [2.24, 2.45) is 5.10 Å². The van der Waals surface area contributed by atoms with E-state index in [1.165, 1.54) is 6.07 Å². The van der Waals surface area contributed by atoms with Gasteiger partial charge < -0.3 is 9.90 Å². The molecule has 0 saturated carbocycles. The molecule has 1 aliphatic heterocycles. The molecule has 5 heteroatoms. The number of carboxylic acids is 1. The van der Waals surface area contributed by atoms with E-state index in [0.29, 0.717) is 17.7 Å². The van der Waals surface area contributed by atoms with Crippen molar-refractivity contribution in [1.82, 2.24) is 0 Å². The van der Waals surface area contributed by atoms with Gasteiger partial charge in [-0.2, -0.15) is 5.10 Å². The first kappa shape index (κ1) is 18.6. The quantitative estimate of drug-likeness (QED) is 0.612. The molecule has 5 nitrogen and oxygen atoms in total. The molecular formula is C24H19N2O3-. The molecule has 0 saturated heterocycles. The average Bonchev–Trinajstić information content (AvgIpc) is 3.18. The molecule has 0 unspecified atom stereocenters. The maximum absolute atomic E-state index is 12.8. The molecule has 1 heterocycles. The van der Waals surface area contributed by atoms with E-state index in [1.54, 1.807) is 35.3 Å². The number of carbonyl (C=O) groups is 2. The molecule has 3 aromatic carbocycles. The first-order valence-corrected chi connectivity index (χ1v) is 9.44. The van der Waals surface area contributed by atoms with Crippen molar-refractivity contribution in [2.75, 3.05) is 5.01 Å². The van der Waals surface area contributed by atoms with E-state index in [1.807, 2.05) is 48.5 Å². The van der Waals surface area contributed by atoms with Crippen LogP contribution in [-0.4, -0.2) is 23.5 Å². The third kappa shape index (κ3) is 3.94. The predicted molar refractivity (Wildman–Crippen MR) is 110 cm³/mol. The topological polar surface area (TPSA) is 72.8 Å². The van der Waals surface area contributed by atoms with Gasteiger partial charge in [-0.1, -0.05) is 78.9 Å². The highest BCUT2D eigenvalue weighted by Gasteiger charge is 2.31. The largest absolute Gasteiger partial charge is 0.545 e. The van der Waals surface area contributed by atoms with Gasteiger partial charge in [-0.25, -0.2) is 0 Å². The van der Waals surface area contributed by atoms with Crippen LogP contribution >= 0.6 is 0 Å². The fraction of sp³-hybridized carbons (Fsp3) is 0.125. The number of nitrogens with zero attached hydrogens (tertiary/aromatic N) is 2. The summed E-state index contributed by atoms with van der Waals surface area (Å²) in [6.45, 7) is 0. The SMILES string of the molecule is O=C(C[C@@H]1CC(c2ccccc2)=NN1c1ccccc1C(=O)[O-])c1ccccc1. The first-order chi connectivity index (χ1) is 14.1. The number of rotatable bonds is 6. The van der Waals surface area contributed by atoms with E-state index in [4.69, 9.17) is 5.10 Å². The van der Waals surface area contributed by atoms with Crippen molar-refractivity contribution in [3.8, 4) is 0 Å². The number of Topliss-reactive ketones (excluding diaryl/α,β-unsaturated/α-hetero) is 1. The van der Waals surface area contributed by atoms with Crippen molar-refractivity contribution in [1.29, 1.82) is 0 Å². The number of benzene rings is 3. The minimum atomic E-state index is -1.27. The number of para-hydroxylation sites is 1. The minimum absolute atomic E-state index is 0.00366. The molecule has 0 amide bonds. The molecule has 0 N–H and O–H groups in total. The second kappa shape index (κ2) is 8.10. The molecule has 0 bridgehead atoms. The Hall–Kier alpha value is -3.73. The molecule has 0 radical (unpaired) electrons. The Bertz CT molecular complexity index is 1060. The minimum Gasteiger partial charge on any atom is -0.545 e. The van der Waals surface area contributed by atoms with E-state index >= 15 is 0 Å². The summed E-state index contributed by atoms with van der Waals surface area (Å²) >= 11 is 0. The lowest BCUT2D eigenvalue weighted by atomic mass is 9.97. The number of anilines is 1. The monoisotopic (exact) mass is 383 g/mol. The van der Waals surface area contributed by atoms with E-state index in [0.717, 1.165) is 11.3 Å². The van der Waals surface area contributed by atoms with E-state index < -0.39 is 5.97 Å². The summed E-state index contributed by atoms with van der Waals surface area (Å²) in [6, 6.07) is 25.1. The van der Waals surface area contributed by atoms with Crippen LogP contribution in [0, 0.1) is 0 Å². The van der Waals surface area contributed by atoms with Crippen molar-refractivity contribution in [2.45, 2.75) is 18.9 Å². The smallest absolute Gasteiger partial charge is 0.165 e. The molecule has 1 aliphatic rings. The van der Waals surface area contributed by atoms with Crippen LogP contribution in [0.15, 0.2) is 90.0 Å². The molecule has 1 atom stereocenters. The van der Waals surface area contributed by atoms with Crippen molar-refractivity contribution in [3.05, 3.63) is 102 Å². The molecule has 0 spiro atoms. The molecule has 4 rings (SSSR count). The maximum Gasteiger partial charge on any atom is 0.165 e. The molecule has 3 aromatic rings. The number of carboxylic acid groups (broad SMARTS) is 1. The van der Waals surface area contributed by atoms with E-state index in [-0.39, 0.29) is 23.8 Å². The molecular weight excluding hydrogens is 364 g/mol. The zero-order chi connectivity index (χ0) is 20.2. The van der Waals surface area contributed by atoms with Crippen LogP contribution in [-0.2, 0) is 0 Å². The fourth-order valence-electron chi connectivity index (χ4n) is 3.58. The van der Waals surface area contributed by atoms with Gasteiger partial charge in [0.15, 0.2) is 5.78 Å². The zero-order valence-corrected chi connectivity index (χ0v) is 15.7. The number of hydrogen-bond acceptors (Lipinski definition) is 5. The van der Waals surface area contributed by atoms with E-state index in [9.17, 15) is 14.7 Å². The van der Waals surface area contributed by atoms with Crippen LogP contribution in [0.25, 0.3) is 0 Å². The summed E-state index contributed by atoms with van der Waals surface area (Å²) in [5, 5.41) is 18.0. The van der Waals surface area contributed by atoms with Gasteiger partial charge in [0.1, 0.15) is 0 Å². The van der Waals surface area contributed by atoms with Crippen molar-refractivity contribution in [3.63, 3.8) is 0 Å². The Morgan fingerprint density at radius 1 is 0.897 bits per heavy atom. The first-order valence-electron chi connectivity index (χ1n) is 9.44. The van der Waals surface area contributed by atoms with Gasteiger partial charge in [0.2, 0.25) is 0 Å². The standard InChI is InChI=1S/C24H20N2O3/c27-23(18-11-5-2-6-12-18)16-19-15-21(17-9-3-1-4-10-17)25-26(19)22-14-8-7-13-20(22)24(28)29/h1-14,19H,15-16H2,(H,28,29)/p-1/t19-/m0/s1. The molecule has 0 fully saturated rings. The zero-order valence-electron chi connectivity index (χ0n) is 15.7. The Balaban J connectivity index is 1.70. The second-order valence-electron chi connectivity index (χ2n) is 6.91.